The lowest BCUT2D eigenvalue weighted by Crippen LogP contribution is -2.31. The Hall–Kier alpha value is -2.51. The fraction of sp³-hybridized carbons (Fsp3) is 0.273. The molecule has 0 heterocycles. The second-order valence-electron chi connectivity index (χ2n) is 4.26. The molecule has 0 aromatic heterocycles. The monoisotopic (exact) mass is 268 g/mol. The molecule has 1 fully saturated rings. The number of carboxylic acids is 1. The zero-order valence-electron chi connectivity index (χ0n) is 9.55. The Labute approximate surface area is 106 Å². The molecule has 1 amide bonds. The molecule has 100 valence electrons. The maximum Gasteiger partial charge on any atom is 0.319 e. The summed E-state index contributed by atoms with van der Waals surface area (Å²) in [5, 5.41) is 21.5. The minimum Gasteiger partial charge on any atom is -0.480 e. The van der Waals surface area contributed by atoms with Crippen molar-refractivity contribution < 1.29 is 24.0 Å². The molecule has 1 aliphatic carbocycles. The van der Waals surface area contributed by atoms with Crippen LogP contribution in [0.3, 0.4) is 0 Å². The van der Waals surface area contributed by atoms with E-state index in [9.17, 15) is 24.1 Å². The average Bonchev–Trinajstić information content (AvgIpc) is 3.12. The van der Waals surface area contributed by atoms with Crippen LogP contribution in [-0.2, 0) is 9.59 Å². The van der Waals surface area contributed by atoms with Crippen LogP contribution >= 0.6 is 0 Å². The number of hydrogen-bond donors (Lipinski definition) is 2. The van der Waals surface area contributed by atoms with Crippen LogP contribution in [0.2, 0.25) is 0 Å². The van der Waals surface area contributed by atoms with Gasteiger partial charge in [0, 0.05) is 12.1 Å². The number of halogens is 1. The van der Waals surface area contributed by atoms with Crippen molar-refractivity contribution in [2.45, 2.75) is 12.8 Å². The van der Waals surface area contributed by atoms with Crippen LogP contribution in [0.15, 0.2) is 18.2 Å². The van der Waals surface area contributed by atoms with Gasteiger partial charge in [0.05, 0.1) is 10.6 Å². The first-order chi connectivity index (χ1) is 8.86. The third-order valence-corrected chi connectivity index (χ3v) is 3.00. The molecule has 0 atom stereocenters. The summed E-state index contributed by atoms with van der Waals surface area (Å²) in [5.41, 5.74) is -2.32. The van der Waals surface area contributed by atoms with Gasteiger partial charge in [-0.15, -0.1) is 0 Å². The van der Waals surface area contributed by atoms with Crippen LogP contribution < -0.4 is 5.32 Å². The first kappa shape index (κ1) is 12.9. The number of benzene rings is 1. The Balaban J connectivity index is 2.24. The summed E-state index contributed by atoms with van der Waals surface area (Å²) < 4.78 is 13.4. The summed E-state index contributed by atoms with van der Waals surface area (Å²) in [6.45, 7) is 0. The highest BCUT2D eigenvalue weighted by Crippen LogP contribution is 2.46. The van der Waals surface area contributed by atoms with Crippen molar-refractivity contribution in [1.82, 2.24) is 0 Å². The largest absolute Gasteiger partial charge is 0.480 e. The molecule has 0 bridgehead atoms. The zero-order valence-corrected chi connectivity index (χ0v) is 9.55. The number of nitrogens with zero attached hydrogens (tertiary/aromatic N) is 1. The van der Waals surface area contributed by atoms with E-state index < -0.39 is 39.4 Å². The summed E-state index contributed by atoms with van der Waals surface area (Å²) in [6.07, 6.45) is 0.343. The number of carboxylic acid groups (broad SMARTS) is 1. The lowest BCUT2D eigenvalue weighted by molar-refractivity contribution is -0.384. The number of hydrogen-bond acceptors (Lipinski definition) is 4. The van der Waals surface area contributed by atoms with E-state index in [1.165, 1.54) is 0 Å². The Kier molecular flexibility index (Phi) is 2.93. The van der Waals surface area contributed by atoms with Crippen LogP contribution in [-0.4, -0.2) is 21.9 Å². The highest BCUT2D eigenvalue weighted by atomic mass is 19.1. The smallest absolute Gasteiger partial charge is 0.319 e. The Morgan fingerprint density at radius 2 is 2.05 bits per heavy atom. The normalized spacial score (nSPS) is 15.6. The standard InChI is InChI=1S/C11H9FN2O5/c12-7-2-1-6(14(18)19)5-8(7)13-9(15)11(3-4-11)10(16)17/h1-2,5H,3-4H2,(H,13,15)(H,16,17). The van der Waals surface area contributed by atoms with Crippen molar-refractivity contribution in [3.8, 4) is 0 Å². The van der Waals surface area contributed by atoms with E-state index in [4.69, 9.17) is 5.11 Å². The number of nitro benzene ring substituents is 1. The average molecular weight is 268 g/mol. The minimum absolute atomic E-state index is 0.171. The fourth-order valence-electron chi connectivity index (χ4n) is 1.63. The highest BCUT2D eigenvalue weighted by Gasteiger charge is 2.57. The van der Waals surface area contributed by atoms with E-state index in [2.05, 4.69) is 5.32 Å². The van der Waals surface area contributed by atoms with Gasteiger partial charge >= 0.3 is 5.97 Å². The van der Waals surface area contributed by atoms with Gasteiger partial charge in [0.25, 0.3) is 5.69 Å². The number of rotatable bonds is 4. The number of carbonyl (C=O) groups is 2. The van der Waals surface area contributed by atoms with Gasteiger partial charge in [0.15, 0.2) is 0 Å². The van der Waals surface area contributed by atoms with E-state index in [0.29, 0.717) is 0 Å². The first-order valence-corrected chi connectivity index (χ1v) is 5.35. The fourth-order valence-corrected chi connectivity index (χ4v) is 1.63. The van der Waals surface area contributed by atoms with E-state index in [-0.39, 0.29) is 12.8 Å². The molecule has 19 heavy (non-hydrogen) atoms. The highest BCUT2D eigenvalue weighted by molar-refractivity contribution is 6.10. The number of nitrogens with one attached hydrogen (secondary N) is 1. The topological polar surface area (TPSA) is 110 Å². The molecule has 2 N–H and O–H groups in total. The van der Waals surface area contributed by atoms with Crippen molar-refractivity contribution in [1.29, 1.82) is 0 Å². The summed E-state index contributed by atoms with van der Waals surface area (Å²) in [5.74, 6) is -3.00. The molecular formula is C11H9FN2O5. The molecule has 0 saturated heterocycles. The van der Waals surface area contributed by atoms with Gasteiger partial charge in [0.2, 0.25) is 5.91 Å². The SMILES string of the molecule is O=C(O)C1(C(=O)Nc2cc([N+](=O)[O-])ccc2F)CC1. The maximum atomic E-state index is 13.4. The third-order valence-electron chi connectivity index (χ3n) is 3.00. The van der Waals surface area contributed by atoms with Gasteiger partial charge in [-0.1, -0.05) is 0 Å². The summed E-state index contributed by atoms with van der Waals surface area (Å²) in [4.78, 5) is 32.5. The Morgan fingerprint density at radius 1 is 1.42 bits per heavy atom. The molecule has 0 aliphatic heterocycles. The number of aliphatic carboxylic acids is 1. The van der Waals surface area contributed by atoms with Crippen molar-refractivity contribution in [3.05, 3.63) is 34.1 Å². The lowest BCUT2D eigenvalue weighted by atomic mass is 10.1. The van der Waals surface area contributed by atoms with Gasteiger partial charge in [-0.3, -0.25) is 19.7 Å². The van der Waals surface area contributed by atoms with Crippen molar-refractivity contribution >= 4 is 23.3 Å². The Bertz CT molecular complexity index is 582. The predicted molar refractivity (Wildman–Crippen MR) is 61.0 cm³/mol. The molecule has 7 nitrogen and oxygen atoms in total. The number of non-ortho nitro benzene ring substituents is 1. The molecule has 0 spiro atoms. The van der Waals surface area contributed by atoms with Gasteiger partial charge in [-0.2, -0.15) is 0 Å². The number of nitro groups is 1. The molecule has 1 aliphatic rings. The predicted octanol–water partition coefficient (Wildman–Crippen LogP) is 1.54. The molecule has 1 saturated carbocycles. The van der Waals surface area contributed by atoms with Crippen LogP contribution in [0, 0.1) is 21.3 Å². The van der Waals surface area contributed by atoms with E-state index in [1.807, 2.05) is 0 Å². The summed E-state index contributed by atoms with van der Waals surface area (Å²) in [6, 6.07) is 2.65. The van der Waals surface area contributed by atoms with Gasteiger partial charge in [-0.25, -0.2) is 4.39 Å². The number of anilines is 1. The van der Waals surface area contributed by atoms with Crippen LogP contribution in [0.5, 0.6) is 0 Å². The van der Waals surface area contributed by atoms with Crippen molar-refractivity contribution in [3.63, 3.8) is 0 Å². The quantitative estimate of drug-likeness (QED) is 0.489. The first-order valence-electron chi connectivity index (χ1n) is 5.35. The van der Waals surface area contributed by atoms with Crippen molar-refractivity contribution in [2.75, 3.05) is 5.32 Å². The molecule has 1 aromatic carbocycles. The van der Waals surface area contributed by atoms with Crippen LogP contribution in [0.1, 0.15) is 12.8 Å². The zero-order chi connectivity index (χ0) is 14.2. The minimum atomic E-state index is -1.53. The molecule has 0 radical (unpaired) electrons. The molecule has 0 unspecified atom stereocenters. The molecular weight excluding hydrogens is 259 g/mol. The molecule has 1 aromatic rings. The van der Waals surface area contributed by atoms with Crippen LogP contribution in [0.25, 0.3) is 0 Å². The lowest BCUT2D eigenvalue weighted by Gasteiger charge is -2.11. The number of amides is 1. The van der Waals surface area contributed by atoms with E-state index in [1.54, 1.807) is 0 Å². The number of carbonyl (C=O) groups excluding carboxylic acids is 1. The molecule has 8 heteroatoms. The third kappa shape index (κ3) is 2.24. The van der Waals surface area contributed by atoms with Crippen molar-refractivity contribution in [2.24, 2.45) is 5.41 Å². The molecule has 2 rings (SSSR count). The second kappa shape index (κ2) is 4.30. The van der Waals surface area contributed by atoms with Crippen LogP contribution in [0.4, 0.5) is 15.8 Å². The van der Waals surface area contributed by atoms with Gasteiger partial charge in [-0.05, 0) is 18.9 Å². The van der Waals surface area contributed by atoms with E-state index in [0.717, 1.165) is 18.2 Å². The summed E-state index contributed by atoms with van der Waals surface area (Å²) in [7, 11) is 0. The summed E-state index contributed by atoms with van der Waals surface area (Å²) >= 11 is 0. The Morgan fingerprint density at radius 3 is 2.53 bits per heavy atom. The van der Waals surface area contributed by atoms with Gasteiger partial charge < -0.3 is 10.4 Å². The van der Waals surface area contributed by atoms with E-state index >= 15 is 0 Å². The second-order valence-corrected chi connectivity index (χ2v) is 4.26. The van der Waals surface area contributed by atoms with Gasteiger partial charge in [0.1, 0.15) is 11.2 Å². The maximum absolute atomic E-state index is 13.4.